The summed E-state index contributed by atoms with van der Waals surface area (Å²) in [5.74, 6) is -1.04. The second-order valence-corrected chi connectivity index (χ2v) is 7.82. The van der Waals surface area contributed by atoms with Gasteiger partial charge in [0.1, 0.15) is 11.6 Å². The predicted molar refractivity (Wildman–Crippen MR) is 97.2 cm³/mol. The molecule has 1 amide bonds. The van der Waals surface area contributed by atoms with E-state index in [9.17, 15) is 22.4 Å². The standard InChI is InChI=1S/C18H17FN2O5S/c1-11(22)20-16-10-13(4-6-15(16)19)27(24,25)21-8-7-18(23)14-5-3-12(26-2)9-17(14)21/h3-6,9-10H,7-8H2,1-2H3,(H,20,22). The third-order valence-electron chi connectivity index (χ3n) is 4.15. The smallest absolute Gasteiger partial charge is 0.264 e. The quantitative estimate of drug-likeness (QED) is 0.863. The van der Waals surface area contributed by atoms with Crippen LogP contribution < -0.4 is 14.4 Å². The van der Waals surface area contributed by atoms with Gasteiger partial charge >= 0.3 is 0 Å². The highest BCUT2D eigenvalue weighted by molar-refractivity contribution is 7.92. The van der Waals surface area contributed by atoms with Crippen LogP contribution in [0.4, 0.5) is 15.8 Å². The van der Waals surface area contributed by atoms with Crippen molar-refractivity contribution in [2.45, 2.75) is 18.2 Å². The van der Waals surface area contributed by atoms with Crippen LogP contribution in [-0.2, 0) is 14.8 Å². The number of nitrogens with zero attached hydrogens (tertiary/aromatic N) is 1. The molecule has 0 aromatic heterocycles. The van der Waals surface area contributed by atoms with E-state index >= 15 is 0 Å². The maximum atomic E-state index is 13.9. The molecule has 1 heterocycles. The van der Waals surface area contributed by atoms with Gasteiger partial charge in [-0.15, -0.1) is 0 Å². The summed E-state index contributed by atoms with van der Waals surface area (Å²) in [5, 5.41) is 2.26. The number of ketones is 1. The molecule has 0 aliphatic carbocycles. The summed E-state index contributed by atoms with van der Waals surface area (Å²) in [7, 11) is -2.66. The zero-order chi connectivity index (χ0) is 19.8. The Balaban J connectivity index is 2.10. The molecule has 0 saturated heterocycles. The van der Waals surface area contributed by atoms with Gasteiger partial charge in [0.05, 0.1) is 23.4 Å². The molecule has 0 fully saturated rings. The predicted octanol–water partition coefficient (Wildman–Crippen LogP) is 2.57. The number of Topliss-reactive ketones (excluding diaryl/α,β-unsaturated/α-hetero) is 1. The minimum Gasteiger partial charge on any atom is -0.497 e. The van der Waals surface area contributed by atoms with Crippen molar-refractivity contribution in [3.63, 3.8) is 0 Å². The molecule has 0 bridgehead atoms. The first-order valence-electron chi connectivity index (χ1n) is 8.05. The van der Waals surface area contributed by atoms with Crippen LogP contribution in [0.2, 0.25) is 0 Å². The van der Waals surface area contributed by atoms with Crippen molar-refractivity contribution in [1.29, 1.82) is 0 Å². The van der Waals surface area contributed by atoms with Gasteiger partial charge in [0.15, 0.2) is 5.78 Å². The number of amides is 1. The average Bonchev–Trinajstić information content (AvgIpc) is 2.62. The lowest BCUT2D eigenvalue weighted by atomic mass is 10.0. The van der Waals surface area contributed by atoms with Crippen molar-refractivity contribution in [1.82, 2.24) is 0 Å². The molecule has 9 heteroatoms. The second-order valence-electron chi connectivity index (χ2n) is 5.96. The molecule has 1 aliphatic rings. The van der Waals surface area contributed by atoms with Gasteiger partial charge in [-0.2, -0.15) is 0 Å². The molecular formula is C18H17FN2O5S. The number of methoxy groups -OCH3 is 1. The lowest BCUT2D eigenvalue weighted by Gasteiger charge is -2.30. The van der Waals surface area contributed by atoms with Crippen LogP contribution >= 0.6 is 0 Å². The molecule has 2 aromatic rings. The van der Waals surface area contributed by atoms with E-state index in [2.05, 4.69) is 5.32 Å². The molecule has 3 rings (SSSR count). The van der Waals surface area contributed by atoms with Crippen LogP contribution in [0.5, 0.6) is 5.75 Å². The number of carbonyl (C=O) groups is 2. The SMILES string of the molecule is COc1ccc2c(c1)N(S(=O)(=O)c1ccc(F)c(NC(C)=O)c1)CCC2=O. The zero-order valence-electron chi connectivity index (χ0n) is 14.7. The van der Waals surface area contributed by atoms with E-state index < -0.39 is 21.7 Å². The van der Waals surface area contributed by atoms with Crippen LogP contribution in [0.1, 0.15) is 23.7 Å². The summed E-state index contributed by atoms with van der Waals surface area (Å²) >= 11 is 0. The number of benzene rings is 2. The van der Waals surface area contributed by atoms with E-state index in [4.69, 9.17) is 4.74 Å². The Morgan fingerprint density at radius 3 is 2.63 bits per heavy atom. The lowest BCUT2D eigenvalue weighted by molar-refractivity contribution is -0.114. The van der Waals surface area contributed by atoms with Crippen LogP contribution in [0.15, 0.2) is 41.3 Å². The number of fused-ring (bicyclic) bond motifs is 1. The highest BCUT2D eigenvalue weighted by Crippen LogP contribution is 2.35. The van der Waals surface area contributed by atoms with Crippen molar-refractivity contribution >= 4 is 33.1 Å². The van der Waals surface area contributed by atoms with Crippen molar-refractivity contribution in [2.24, 2.45) is 0 Å². The summed E-state index contributed by atoms with van der Waals surface area (Å²) in [6, 6.07) is 7.72. The van der Waals surface area contributed by atoms with Gasteiger partial charge < -0.3 is 10.1 Å². The molecule has 0 radical (unpaired) electrons. The first kappa shape index (κ1) is 18.8. The molecular weight excluding hydrogens is 375 g/mol. The van der Waals surface area contributed by atoms with Crippen molar-refractivity contribution in [2.75, 3.05) is 23.3 Å². The third kappa shape index (κ3) is 3.50. The number of sulfonamides is 1. The van der Waals surface area contributed by atoms with Crippen LogP contribution in [0, 0.1) is 5.82 Å². The third-order valence-corrected chi connectivity index (χ3v) is 5.96. The highest BCUT2D eigenvalue weighted by atomic mass is 32.2. The summed E-state index contributed by atoms with van der Waals surface area (Å²) < 4.78 is 46.4. The molecule has 1 N–H and O–H groups in total. The Morgan fingerprint density at radius 2 is 1.96 bits per heavy atom. The number of rotatable bonds is 4. The molecule has 27 heavy (non-hydrogen) atoms. The maximum absolute atomic E-state index is 13.9. The Bertz CT molecular complexity index is 1040. The molecule has 7 nitrogen and oxygen atoms in total. The van der Waals surface area contributed by atoms with Crippen molar-refractivity contribution < 1.29 is 27.1 Å². The van der Waals surface area contributed by atoms with Crippen molar-refractivity contribution in [3.8, 4) is 5.75 Å². The highest BCUT2D eigenvalue weighted by Gasteiger charge is 2.33. The topological polar surface area (TPSA) is 92.8 Å². The van der Waals surface area contributed by atoms with Gasteiger partial charge in [0.25, 0.3) is 10.0 Å². The fourth-order valence-corrected chi connectivity index (χ4v) is 4.37. The molecule has 2 aromatic carbocycles. The first-order valence-corrected chi connectivity index (χ1v) is 9.49. The Hall–Kier alpha value is -2.94. The number of halogens is 1. The fraction of sp³-hybridized carbons (Fsp3) is 0.222. The molecule has 142 valence electrons. The molecule has 0 spiro atoms. The first-order chi connectivity index (χ1) is 12.7. The summed E-state index contributed by atoms with van der Waals surface area (Å²) in [6.07, 6.45) is 0.0261. The molecule has 0 atom stereocenters. The number of carbonyl (C=O) groups excluding carboxylic acids is 2. The number of anilines is 2. The van der Waals surface area contributed by atoms with Crippen LogP contribution in [0.3, 0.4) is 0 Å². The molecule has 1 aliphatic heterocycles. The van der Waals surface area contributed by atoms with E-state index in [1.165, 1.54) is 26.2 Å². The second kappa shape index (κ2) is 6.99. The molecule has 0 unspecified atom stereocenters. The average molecular weight is 392 g/mol. The summed E-state index contributed by atoms with van der Waals surface area (Å²) in [5.41, 5.74) is 0.244. The Morgan fingerprint density at radius 1 is 1.22 bits per heavy atom. The van der Waals surface area contributed by atoms with Gasteiger partial charge in [0.2, 0.25) is 5.91 Å². The monoisotopic (exact) mass is 392 g/mol. The lowest BCUT2D eigenvalue weighted by Crippen LogP contribution is -2.37. The zero-order valence-corrected chi connectivity index (χ0v) is 15.5. The van der Waals surface area contributed by atoms with Gasteiger partial charge in [-0.3, -0.25) is 13.9 Å². The van der Waals surface area contributed by atoms with E-state index in [1.54, 1.807) is 6.07 Å². The van der Waals surface area contributed by atoms with Gasteiger partial charge in [-0.05, 0) is 30.3 Å². The summed E-state index contributed by atoms with van der Waals surface area (Å²) in [4.78, 5) is 23.2. The number of hydrogen-bond acceptors (Lipinski definition) is 5. The largest absolute Gasteiger partial charge is 0.497 e. The minimum atomic E-state index is -4.09. The van der Waals surface area contributed by atoms with E-state index in [0.29, 0.717) is 5.75 Å². The van der Waals surface area contributed by atoms with E-state index in [-0.39, 0.29) is 40.6 Å². The normalized spacial score (nSPS) is 13.9. The number of ether oxygens (including phenoxy) is 1. The van der Waals surface area contributed by atoms with Gasteiger partial charge in [-0.25, -0.2) is 12.8 Å². The van der Waals surface area contributed by atoms with Crippen LogP contribution in [0.25, 0.3) is 0 Å². The summed E-state index contributed by atoms with van der Waals surface area (Å²) in [6.45, 7) is 1.15. The van der Waals surface area contributed by atoms with E-state index in [1.807, 2.05) is 0 Å². The Labute approximate surface area is 155 Å². The number of hydrogen-bond donors (Lipinski definition) is 1. The van der Waals surface area contributed by atoms with E-state index in [0.717, 1.165) is 22.5 Å². The molecule has 0 saturated carbocycles. The van der Waals surface area contributed by atoms with Gasteiger partial charge in [-0.1, -0.05) is 0 Å². The van der Waals surface area contributed by atoms with Gasteiger partial charge in [0, 0.05) is 31.5 Å². The number of nitrogens with one attached hydrogen (secondary N) is 1. The Kier molecular flexibility index (Phi) is 4.88. The van der Waals surface area contributed by atoms with Crippen LogP contribution in [-0.4, -0.2) is 33.8 Å². The fourth-order valence-electron chi connectivity index (χ4n) is 2.87. The maximum Gasteiger partial charge on any atom is 0.264 e. The van der Waals surface area contributed by atoms with Crippen molar-refractivity contribution in [3.05, 3.63) is 47.8 Å². The minimum absolute atomic E-state index is 0.0261.